The summed E-state index contributed by atoms with van der Waals surface area (Å²) < 4.78 is 1.04. The minimum atomic E-state index is -0.886. The molecule has 174 valence electrons. The lowest BCUT2D eigenvalue weighted by molar-refractivity contribution is 0.0924. The molecule has 2 amide bonds. The molecule has 4 aromatic rings. The van der Waals surface area contributed by atoms with Crippen molar-refractivity contribution in [2.75, 3.05) is 4.90 Å². The normalized spacial score (nSPS) is 12.9. The third-order valence-corrected chi connectivity index (χ3v) is 6.56. The minimum absolute atomic E-state index is 0.00310. The third-order valence-electron chi connectivity index (χ3n) is 5.43. The molecule has 0 radical (unpaired) electrons. The number of hydrogen-bond acceptors (Lipinski definition) is 4. The number of benzene rings is 3. The first-order chi connectivity index (χ1) is 16.7. The number of carbonyl (C=O) groups is 3. The van der Waals surface area contributed by atoms with Gasteiger partial charge in [-0.2, -0.15) is 0 Å². The topological polar surface area (TPSA) is 92.2 Å². The third kappa shape index (κ3) is 3.68. The molecule has 1 aromatic heterocycles. The molecule has 0 atom stereocenters. The van der Waals surface area contributed by atoms with Crippen LogP contribution in [0.1, 0.15) is 36.6 Å². The van der Waals surface area contributed by atoms with Gasteiger partial charge in [-0.15, -0.1) is 0 Å². The first kappa shape index (κ1) is 23.4. The number of nitrogens with one attached hydrogen (secondary N) is 1. The Morgan fingerprint density at radius 2 is 1.29 bits per heavy atom. The molecule has 35 heavy (non-hydrogen) atoms. The lowest BCUT2D eigenvalue weighted by atomic mass is 10.0. The Labute approximate surface area is 217 Å². The molecule has 2 heterocycles. The number of carbonyl (C=O) groups excluding carboxylic acids is 3. The number of imide groups is 1. The van der Waals surface area contributed by atoms with E-state index in [2.05, 4.69) is 5.10 Å². The number of fused-ring (bicyclic) bond motifs is 1. The fraction of sp³-hybridized carbons (Fsp3) is 0. The number of amides is 2. The van der Waals surface area contributed by atoms with Crippen LogP contribution in [0.4, 0.5) is 5.82 Å². The molecule has 0 fully saturated rings. The molecular weight excluding hydrogens is 536 g/mol. The van der Waals surface area contributed by atoms with Crippen LogP contribution in [0.25, 0.3) is 5.69 Å². The largest absolute Gasteiger partial charge is 0.288 e. The first-order valence-corrected chi connectivity index (χ1v) is 11.5. The number of aromatic nitrogens is 2. The molecule has 7 nitrogen and oxygen atoms in total. The van der Waals surface area contributed by atoms with Crippen LogP contribution in [-0.2, 0) is 0 Å². The van der Waals surface area contributed by atoms with Crippen molar-refractivity contribution in [3.63, 3.8) is 0 Å². The summed E-state index contributed by atoms with van der Waals surface area (Å²) in [4.78, 5) is 54.2. The monoisotopic (exact) mass is 545 g/mol. The van der Waals surface area contributed by atoms with E-state index in [4.69, 9.17) is 46.4 Å². The van der Waals surface area contributed by atoms with E-state index in [1.54, 1.807) is 24.3 Å². The van der Waals surface area contributed by atoms with Gasteiger partial charge < -0.3 is 0 Å². The Morgan fingerprint density at radius 3 is 1.86 bits per heavy atom. The van der Waals surface area contributed by atoms with Crippen LogP contribution in [0, 0.1) is 0 Å². The van der Waals surface area contributed by atoms with E-state index >= 15 is 0 Å². The number of hydrogen-bond donors (Lipinski definition) is 1. The molecule has 1 aliphatic rings. The minimum Gasteiger partial charge on any atom is -0.288 e. The predicted molar refractivity (Wildman–Crippen MR) is 134 cm³/mol. The molecule has 0 saturated heterocycles. The van der Waals surface area contributed by atoms with E-state index in [1.165, 1.54) is 36.4 Å². The number of aromatic amines is 1. The highest BCUT2D eigenvalue weighted by Gasteiger charge is 2.42. The van der Waals surface area contributed by atoms with Gasteiger partial charge in [-0.1, -0.05) is 70.7 Å². The highest BCUT2D eigenvalue weighted by Crippen LogP contribution is 2.38. The van der Waals surface area contributed by atoms with Crippen molar-refractivity contribution in [3.05, 3.63) is 113 Å². The molecule has 0 unspecified atom stereocenters. The lowest BCUT2D eigenvalue weighted by Crippen LogP contribution is -2.33. The Bertz CT molecular complexity index is 1580. The van der Waals surface area contributed by atoms with Gasteiger partial charge in [0.1, 0.15) is 11.3 Å². The van der Waals surface area contributed by atoms with Crippen LogP contribution in [-0.4, -0.2) is 27.4 Å². The van der Waals surface area contributed by atoms with Crippen molar-refractivity contribution in [1.82, 2.24) is 9.78 Å². The van der Waals surface area contributed by atoms with Crippen LogP contribution in [0.2, 0.25) is 20.1 Å². The molecule has 11 heteroatoms. The quantitative estimate of drug-likeness (QED) is 0.258. The zero-order valence-electron chi connectivity index (χ0n) is 17.3. The Hall–Kier alpha value is -3.36. The number of H-pyrrole nitrogens is 1. The maximum atomic E-state index is 13.6. The number of nitrogens with zero attached hydrogens (tertiary/aromatic N) is 2. The van der Waals surface area contributed by atoms with Crippen LogP contribution in [0.3, 0.4) is 0 Å². The van der Waals surface area contributed by atoms with Gasteiger partial charge in [0.05, 0.1) is 26.2 Å². The molecule has 0 spiro atoms. The summed E-state index contributed by atoms with van der Waals surface area (Å²) >= 11 is 25.0. The fourth-order valence-corrected chi connectivity index (χ4v) is 5.12. The van der Waals surface area contributed by atoms with E-state index in [1.807, 2.05) is 0 Å². The maximum Gasteiger partial charge on any atom is 0.277 e. The van der Waals surface area contributed by atoms with Crippen molar-refractivity contribution in [1.29, 1.82) is 0 Å². The zero-order valence-corrected chi connectivity index (χ0v) is 20.3. The van der Waals surface area contributed by atoms with Gasteiger partial charge in [0.25, 0.3) is 17.4 Å². The average Bonchev–Trinajstić information content (AvgIpc) is 3.26. The molecule has 0 bridgehead atoms. The summed E-state index contributed by atoms with van der Waals surface area (Å²) in [7, 11) is 0. The summed E-state index contributed by atoms with van der Waals surface area (Å²) in [6, 6.07) is 15.0. The number of rotatable bonds is 4. The summed E-state index contributed by atoms with van der Waals surface area (Å²) in [5, 5.41) is 2.79. The predicted octanol–water partition coefficient (Wildman–Crippen LogP) is 5.81. The van der Waals surface area contributed by atoms with E-state index in [-0.39, 0.29) is 48.3 Å². The van der Waals surface area contributed by atoms with E-state index < -0.39 is 28.7 Å². The molecule has 5 rings (SSSR count). The molecule has 1 aliphatic heterocycles. The van der Waals surface area contributed by atoms with Gasteiger partial charge in [0.15, 0.2) is 5.82 Å². The Morgan fingerprint density at radius 1 is 0.743 bits per heavy atom. The number of halogens is 4. The van der Waals surface area contributed by atoms with E-state index in [9.17, 15) is 19.2 Å². The molecule has 0 aliphatic carbocycles. The second kappa shape index (κ2) is 8.70. The highest BCUT2D eigenvalue weighted by molar-refractivity contribution is 6.41. The molecule has 3 aromatic carbocycles. The van der Waals surface area contributed by atoms with Gasteiger partial charge in [-0.05, 0) is 36.4 Å². The van der Waals surface area contributed by atoms with Crippen LogP contribution in [0.15, 0.2) is 65.5 Å². The first-order valence-electron chi connectivity index (χ1n) is 9.97. The summed E-state index contributed by atoms with van der Waals surface area (Å²) in [5.41, 5.74) is -1.13. The van der Waals surface area contributed by atoms with E-state index in [0.29, 0.717) is 0 Å². The van der Waals surface area contributed by atoms with Crippen molar-refractivity contribution in [2.24, 2.45) is 0 Å². The second-order valence-corrected chi connectivity index (χ2v) is 9.15. The van der Waals surface area contributed by atoms with Gasteiger partial charge in [0, 0.05) is 10.6 Å². The summed E-state index contributed by atoms with van der Waals surface area (Å²) in [5.74, 6) is -2.61. The van der Waals surface area contributed by atoms with E-state index in [0.717, 1.165) is 9.58 Å². The van der Waals surface area contributed by atoms with Crippen LogP contribution in [0.5, 0.6) is 0 Å². The standard InChI is InChI=1S/C24H11Cl4N3O4/c25-11-9-16(27)19(17(28)10-11)31-22(30-23(34)12-5-1-2-6-13(12)24(30)35)18(21(33)29-31)20(32)14-7-3-4-8-15(14)26/h1-10H,(H,29,33). The van der Waals surface area contributed by atoms with Crippen LogP contribution >= 0.6 is 46.4 Å². The Balaban J connectivity index is 1.84. The second-order valence-electron chi connectivity index (χ2n) is 7.49. The summed E-state index contributed by atoms with van der Waals surface area (Å²) in [6.07, 6.45) is 0. The molecule has 0 saturated carbocycles. The SMILES string of the molecule is O=C(c1ccccc1Cl)c1c(N2C(=O)c3ccccc3C2=O)n(-c2c(Cl)cc(Cl)cc2Cl)[nH]c1=O. The number of ketones is 1. The molecule has 1 N–H and O–H groups in total. The van der Waals surface area contributed by atoms with Crippen LogP contribution < -0.4 is 10.5 Å². The van der Waals surface area contributed by atoms with Crippen molar-refractivity contribution < 1.29 is 14.4 Å². The van der Waals surface area contributed by atoms with Gasteiger partial charge in [0.2, 0.25) is 5.78 Å². The van der Waals surface area contributed by atoms with Gasteiger partial charge >= 0.3 is 0 Å². The Kier molecular flexibility index (Phi) is 5.81. The summed E-state index contributed by atoms with van der Waals surface area (Å²) in [6.45, 7) is 0. The highest BCUT2D eigenvalue weighted by atomic mass is 35.5. The zero-order chi connectivity index (χ0) is 25.0. The maximum absolute atomic E-state index is 13.6. The molecular formula is C24H11Cl4N3O4. The van der Waals surface area contributed by atoms with Gasteiger partial charge in [-0.25, -0.2) is 9.58 Å². The van der Waals surface area contributed by atoms with Crippen molar-refractivity contribution in [3.8, 4) is 5.69 Å². The smallest absolute Gasteiger partial charge is 0.277 e. The number of anilines is 1. The van der Waals surface area contributed by atoms with Gasteiger partial charge in [-0.3, -0.25) is 24.3 Å². The average molecular weight is 547 g/mol. The lowest BCUT2D eigenvalue weighted by Gasteiger charge is -2.19. The van der Waals surface area contributed by atoms with Crippen molar-refractivity contribution >= 4 is 69.8 Å². The van der Waals surface area contributed by atoms with Crippen molar-refractivity contribution in [2.45, 2.75) is 0 Å². The fourth-order valence-electron chi connectivity index (χ4n) is 3.91.